The standard InChI is InChI=1S/C14H19FO2S/c1-3-11(2)18(17)10-4-5-14(16)12-6-8-13(15)9-7-12/h6-9,11H,3-5,10H2,1-2H3. The van der Waals surface area contributed by atoms with E-state index in [1.165, 1.54) is 24.3 Å². The number of hydrogen-bond acceptors (Lipinski definition) is 2. The topological polar surface area (TPSA) is 34.1 Å². The van der Waals surface area contributed by atoms with Gasteiger partial charge < -0.3 is 0 Å². The molecule has 2 unspecified atom stereocenters. The van der Waals surface area contributed by atoms with Crippen molar-refractivity contribution in [2.75, 3.05) is 5.75 Å². The molecule has 0 fully saturated rings. The van der Waals surface area contributed by atoms with E-state index < -0.39 is 10.8 Å². The van der Waals surface area contributed by atoms with Gasteiger partial charge in [-0.3, -0.25) is 9.00 Å². The Hall–Kier alpha value is -1.03. The minimum absolute atomic E-state index is 0.0175. The molecule has 0 spiro atoms. The summed E-state index contributed by atoms with van der Waals surface area (Å²) in [4.78, 5) is 11.8. The third-order valence-electron chi connectivity index (χ3n) is 2.94. The fourth-order valence-electron chi connectivity index (χ4n) is 1.54. The Balaban J connectivity index is 2.38. The van der Waals surface area contributed by atoms with Crippen LogP contribution in [0, 0.1) is 5.82 Å². The first kappa shape index (κ1) is 15.0. The Bertz CT molecular complexity index is 414. The third kappa shape index (κ3) is 4.69. The molecule has 0 aromatic heterocycles. The fourth-order valence-corrected chi connectivity index (χ4v) is 2.75. The monoisotopic (exact) mass is 270 g/mol. The number of halogens is 1. The van der Waals surface area contributed by atoms with Crippen LogP contribution < -0.4 is 0 Å². The Morgan fingerprint density at radius 1 is 1.33 bits per heavy atom. The molecule has 4 heteroatoms. The molecule has 1 aromatic rings. The van der Waals surface area contributed by atoms with E-state index in [2.05, 4.69) is 0 Å². The van der Waals surface area contributed by atoms with E-state index in [1.807, 2.05) is 13.8 Å². The molecule has 0 aliphatic carbocycles. The lowest BCUT2D eigenvalue weighted by Gasteiger charge is -2.07. The minimum atomic E-state index is -0.853. The summed E-state index contributed by atoms with van der Waals surface area (Å²) in [6.07, 6.45) is 1.87. The molecule has 0 heterocycles. The molecule has 0 bridgehead atoms. The first-order valence-electron chi connectivity index (χ1n) is 6.20. The maximum atomic E-state index is 12.7. The summed E-state index contributed by atoms with van der Waals surface area (Å²) in [7, 11) is -0.853. The Labute approximate surface area is 110 Å². The first-order chi connectivity index (χ1) is 8.54. The lowest BCUT2D eigenvalue weighted by atomic mass is 10.1. The first-order valence-corrected chi connectivity index (χ1v) is 7.58. The highest BCUT2D eigenvalue weighted by Gasteiger charge is 2.10. The van der Waals surface area contributed by atoms with E-state index in [4.69, 9.17) is 0 Å². The van der Waals surface area contributed by atoms with Gasteiger partial charge in [-0.15, -0.1) is 0 Å². The predicted molar refractivity (Wildman–Crippen MR) is 72.7 cm³/mol. The summed E-state index contributed by atoms with van der Waals surface area (Å²) < 4.78 is 24.4. The molecule has 2 nitrogen and oxygen atoms in total. The van der Waals surface area contributed by atoms with E-state index in [-0.39, 0.29) is 16.9 Å². The van der Waals surface area contributed by atoms with Crippen LogP contribution in [-0.2, 0) is 10.8 Å². The second-order valence-corrected chi connectivity index (χ2v) is 6.31. The molecular weight excluding hydrogens is 251 g/mol. The average Bonchev–Trinajstić information content (AvgIpc) is 2.38. The van der Waals surface area contributed by atoms with Crippen molar-refractivity contribution in [2.24, 2.45) is 0 Å². The van der Waals surface area contributed by atoms with Crippen LogP contribution in [-0.4, -0.2) is 21.0 Å². The summed E-state index contributed by atoms with van der Waals surface area (Å²) in [5.41, 5.74) is 0.519. The second kappa shape index (κ2) is 7.41. The van der Waals surface area contributed by atoms with E-state index in [9.17, 15) is 13.4 Å². The third-order valence-corrected chi connectivity index (χ3v) is 4.86. The van der Waals surface area contributed by atoms with E-state index in [0.29, 0.717) is 24.2 Å². The molecule has 18 heavy (non-hydrogen) atoms. The van der Waals surface area contributed by atoms with Gasteiger partial charge >= 0.3 is 0 Å². The van der Waals surface area contributed by atoms with Gasteiger partial charge in [0.25, 0.3) is 0 Å². The predicted octanol–water partition coefficient (Wildman–Crippen LogP) is 3.34. The highest BCUT2D eigenvalue weighted by Crippen LogP contribution is 2.09. The SMILES string of the molecule is CCC(C)S(=O)CCCC(=O)c1ccc(F)cc1. The van der Waals surface area contributed by atoms with E-state index >= 15 is 0 Å². The number of carbonyl (C=O) groups excluding carboxylic acids is 1. The van der Waals surface area contributed by atoms with Crippen molar-refractivity contribution in [1.82, 2.24) is 0 Å². The molecule has 1 rings (SSSR count). The number of hydrogen-bond donors (Lipinski definition) is 0. The summed E-state index contributed by atoms with van der Waals surface area (Å²) in [5, 5.41) is 0.186. The van der Waals surface area contributed by atoms with Gasteiger partial charge in [0, 0.05) is 33.8 Å². The molecular formula is C14H19FO2S. The zero-order chi connectivity index (χ0) is 13.5. The van der Waals surface area contributed by atoms with Crippen LogP contribution in [0.25, 0.3) is 0 Å². The second-order valence-electron chi connectivity index (χ2n) is 4.34. The Morgan fingerprint density at radius 3 is 2.50 bits per heavy atom. The van der Waals surface area contributed by atoms with Crippen LogP contribution in [0.4, 0.5) is 4.39 Å². The maximum absolute atomic E-state index is 12.7. The van der Waals surface area contributed by atoms with Crippen LogP contribution in [0.2, 0.25) is 0 Å². The lowest BCUT2D eigenvalue weighted by molar-refractivity contribution is 0.0982. The largest absolute Gasteiger partial charge is 0.294 e. The number of ketones is 1. The highest BCUT2D eigenvalue weighted by molar-refractivity contribution is 7.85. The smallest absolute Gasteiger partial charge is 0.162 e. The molecule has 1 aromatic carbocycles. The number of benzene rings is 1. The molecule has 0 saturated carbocycles. The highest BCUT2D eigenvalue weighted by atomic mass is 32.2. The molecule has 0 saturated heterocycles. The Kier molecular flexibility index (Phi) is 6.19. The van der Waals surface area contributed by atoms with Crippen molar-refractivity contribution < 1.29 is 13.4 Å². The molecule has 2 atom stereocenters. The van der Waals surface area contributed by atoms with Gasteiger partial charge in [-0.1, -0.05) is 13.8 Å². The molecule has 100 valence electrons. The van der Waals surface area contributed by atoms with Gasteiger partial charge in [0.1, 0.15) is 5.82 Å². The average molecular weight is 270 g/mol. The van der Waals surface area contributed by atoms with Gasteiger partial charge in [0.2, 0.25) is 0 Å². The van der Waals surface area contributed by atoms with Gasteiger partial charge in [-0.05, 0) is 37.1 Å². The zero-order valence-corrected chi connectivity index (χ0v) is 11.6. The van der Waals surface area contributed by atoms with Gasteiger partial charge in [0.15, 0.2) is 5.78 Å². The van der Waals surface area contributed by atoms with Crippen molar-refractivity contribution in [2.45, 2.75) is 38.4 Å². The molecule has 0 aliphatic heterocycles. The van der Waals surface area contributed by atoms with Crippen LogP contribution in [0.5, 0.6) is 0 Å². The molecule has 0 N–H and O–H groups in total. The number of Topliss-reactive ketones (excluding diaryl/α,β-unsaturated/α-hetero) is 1. The van der Waals surface area contributed by atoms with Crippen LogP contribution in [0.15, 0.2) is 24.3 Å². The van der Waals surface area contributed by atoms with Crippen LogP contribution >= 0.6 is 0 Å². The maximum Gasteiger partial charge on any atom is 0.162 e. The zero-order valence-electron chi connectivity index (χ0n) is 10.8. The van der Waals surface area contributed by atoms with Crippen LogP contribution in [0.3, 0.4) is 0 Å². The van der Waals surface area contributed by atoms with Crippen LogP contribution in [0.1, 0.15) is 43.5 Å². The van der Waals surface area contributed by atoms with E-state index in [0.717, 1.165) is 6.42 Å². The summed E-state index contributed by atoms with van der Waals surface area (Å²) in [5.74, 6) is 0.197. The van der Waals surface area contributed by atoms with Crippen molar-refractivity contribution in [1.29, 1.82) is 0 Å². The quantitative estimate of drug-likeness (QED) is 0.712. The summed E-state index contributed by atoms with van der Waals surface area (Å²) in [6, 6.07) is 5.54. The lowest BCUT2D eigenvalue weighted by Crippen LogP contribution is -2.13. The van der Waals surface area contributed by atoms with Gasteiger partial charge in [-0.2, -0.15) is 0 Å². The van der Waals surface area contributed by atoms with Crippen molar-refractivity contribution in [3.8, 4) is 0 Å². The minimum Gasteiger partial charge on any atom is -0.294 e. The van der Waals surface area contributed by atoms with Crippen molar-refractivity contribution in [3.63, 3.8) is 0 Å². The van der Waals surface area contributed by atoms with Gasteiger partial charge in [0.05, 0.1) is 0 Å². The summed E-state index contributed by atoms with van der Waals surface area (Å²) >= 11 is 0. The summed E-state index contributed by atoms with van der Waals surface area (Å²) in [6.45, 7) is 3.96. The number of rotatable bonds is 7. The molecule has 0 amide bonds. The fraction of sp³-hybridized carbons (Fsp3) is 0.500. The normalized spacial score (nSPS) is 14.2. The molecule has 0 radical (unpaired) electrons. The molecule has 0 aliphatic rings. The van der Waals surface area contributed by atoms with Gasteiger partial charge in [-0.25, -0.2) is 4.39 Å². The Morgan fingerprint density at radius 2 is 1.94 bits per heavy atom. The number of carbonyl (C=O) groups is 1. The van der Waals surface area contributed by atoms with Crippen molar-refractivity contribution >= 4 is 16.6 Å². The van der Waals surface area contributed by atoms with Crippen molar-refractivity contribution in [3.05, 3.63) is 35.6 Å². The van der Waals surface area contributed by atoms with E-state index in [1.54, 1.807) is 0 Å².